The van der Waals surface area contributed by atoms with Gasteiger partial charge in [-0.05, 0) is 128 Å². The molecule has 83 heavy (non-hydrogen) atoms. The third-order valence-electron chi connectivity index (χ3n) is 13.4. The summed E-state index contributed by atoms with van der Waals surface area (Å²) >= 11 is 0. The lowest BCUT2D eigenvalue weighted by atomic mass is 10.1. The van der Waals surface area contributed by atoms with Crippen LogP contribution in [0.5, 0.6) is 0 Å². The van der Waals surface area contributed by atoms with Gasteiger partial charge in [0.15, 0.2) is 6.10 Å². The van der Waals surface area contributed by atoms with Crippen molar-refractivity contribution >= 4 is 19.8 Å². The fourth-order valence-electron chi connectivity index (χ4n) is 8.55. The molecule has 0 aliphatic heterocycles. The van der Waals surface area contributed by atoms with Gasteiger partial charge in [-0.25, -0.2) is 4.57 Å². The average Bonchev–Trinajstić information content (AvgIpc) is 3.48. The predicted octanol–water partition coefficient (Wildman–Crippen LogP) is 21.6. The van der Waals surface area contributed by atoms with Crippen LogP contribution in [0.4, 0.5) is 0 Å². The van der Waals surface area contributed by atoms with Crippen LogP contribution in [0.1, 0.15) is 258 Å². The molecule has 0 aromatic heterocycles. The number of unbranched alkanes of at least 4 members (excludes halogenated alkanes) is 21. The smallest absolute Gasteiger partial charge is 0.462 e. The van der Waals surface area contributed by atoms with E-state index in [0.717, 1.165) is 135 Å². The Kier molecular flexibility index (Phi) is 63.3. The summed E-state index contributed by atoms with van der Waals surface area (Å²) in [6.45, 7) is 3.59. The summed E-state index contributed by atoms with van der Waals surface area (Å²) in [5, 5.41) is 0. The minimum atomic E-state index is -4.41. The van der Waals surface area contributed by atoms with Gasteiger partial charge >= 0.3 is 19.8 Å². The van der Waals surface area contributed by atoms with Crippen LogP contribution in [0.3, 0.4) is 0 Å². The number of carbonyl (C=O) groups excluding carboxylic acids is 2. The van der Waals surface area contributed by atoms with Gasteiger partial charge in [0.1, 0.15) is 6.61 Å². The highest BCUT2D eigenvalue weighted by Gasteiger charge is 2.26. The SMILES string of the molecule is CC/C=C\C/C=C\C/C=C\C/C=C\C/C=C\C/C=C\C/C=C\C/C=C\C/C=C\C/C=C\CCCCCCCCCCC(=O)OC(COC(=O)CCCCCCCCCC/C=C\C/C=C\C/C=C\CCCCCCC)COP(=O)(O)OCCN. The zero-order chi connectivity index (χ0) is 60.1. The van der Waals surface area contributed by atoms with Gasteiger partial charge in [0.25, 0.3) is 0 Å². The molecule has 470 valence electrons. The predicted molar refractivity (Wildman–Crippen MR) is 357 cm³/mol. The molecule has 0 radical (unpaired) electrons. The van der Waals surface area contributed by atoms with E-state index in [1.807, 2.05) is 0 Å². The van der Waals surface area contributed by atoms with Gasteiger partial charge in [0.05, 0.1) is 13.2 Å². The van der Waals surface area contributed by atoms with Crippen LogP contribution in [-0.2, 0) is 32.7 Å². The van der Waals surface area contributed by atoms with Crippen molar-refractivity contribution in [2.75, 3.05) is 26.4 Å². The van der Waals surface area contributed by atoms with Crippen molar-refractivity contribution in [2.24, 2.45) is 5.73 Å². The summed E-state index contributed by atoms with van der Waals surface area (Å²) in [5.41, 5.74) is 5.39. The van der Waals surface area contributed by atoms with Crippen LogP contribution in [0, 0.1) is 0 Å². The number of rotatable bonds is 60. The molecule has 0 aromatic carbocycles. The summed E-state index contributed by atoms with van der Waals surface area (Å²) in [7, 11) is -4.41. The monoisotopic (exact) mass is 1170 g/mol. The van der Waals surface area contributed by atoms with Gasteiger partial charge in [-0.2, -0.15) is 0 Å². The number of phosphoric acid groups is 1. The molecule has 0 aliphatic rings. The van der Waals surface area contributed by atoms with Crippen LogP contribution >= 0.6 is 7.82 Å². The van der Waals surface area contributed by atoms with Crippen molar-refractivity contribution in [3.05, 3.63) is 158 Å². The van der Waals surface area contributed by atoms with Crippen LogP contribution in [0.25, 0.3) is 0 Å². The number of allylic oxidation sites excluding steroid dienone is 26. The minimum Gasteiger partial charge on any atom is -0.462 e. The molecule has 0 heterocycles. The number of nitrogens with two attached hydrogens (primary N) is 1. The number of carbonyl (C=O) groups is 2. The Hall–Kier alpha value is -4.37. The first kappa shape index (κ1) is 78.6. The van der Waals surface area contributed by atoms with Gasteiger partial charge in [0, 0.05) is 19.4 Å². The van der Waals surface area contributed by atoms with E-state index in [0.29, 0.717) is 6.42 Å². The average molecular weight is 1170 g/mol. The Labute approximate surface area is 509 Å². The summed E-state index contributed by atoms with van der Waals surface area (Å²) in [6, 6.07) is 0. The summed E-state index contributed by atoms with van der Waals surface area (Å²) in [5.74, 6) is -0.853. The molecule has 0 aromatic rings. The molecule has 0 fully saturated rings. The summed E-state index contributed by atoms with van der Waals surface area (Å²) in [4.78, 5) is 35.3. The Morgan fingerprint density at radius 2 is 0.663 bits per heavy atom. The van der Waals surface area contributed by atoms with Crippen molar-refractivity contribution in [3.63, 3.8) is 0 Å². The Morgan fingerprint density at radius 3 is 0.988 bits per heavy atom. The Bertz CT molecular complexity index is 1920. The van der Waals surface area contributed by atoms with Crippen molar-refractivity contribution in [1.29, 1.82) is 0 Å². The Balaban J connectivity index is 4.01. The van der Waals surface area contributed by atoms with Crippen LogP contribution in [0.15, 0.2) is 158 Å². The first-order chi connectivity index (χ1) is 40.8. The molecular formula is C73H120NO8P. The highest BCUT2D eigenvalue weighted by molar-refractivity contribution is 7.47. The fraction of sp³-hybridized carbons (Fsp3) is 0.616. The largest absolute Gasteiger partial charge is 0.472 e. The number of hydrogen-bond acceptors (Lipinski definition) is 8. The molecule has 0 amide bonds. The van der Waals surface area contributed by atoms with Crippen molar-refractivity contribution in [1.82, 2.24) is 0 Å². The molecular weight excluding hydrogens is 1050 g/mol. The Morgan fingerprint density at radius 1 is 0.373 bits per heavy atom. The molecule has 2 atom stereocenters. The lowest BCUT2D eigenvalue weighted by Crippen LogP contribution is -2.29. The number of esters is 2. The van der Waals surface area contributed by atoms with E-state index in [4.69, 9.17) is 24.3 Å². The van der Waals surface area contributed by atoms with Gasteiger partial charge < -0.3 is 20.1 Å². The van der Waals surface area contributed by atoms with E-state index in [9.17, 15) is 19.0 Å². The minimum absolute atomic E-state index is 0.0430. The zero-order valence-corrected chi connectivity index (χ0v) is 53.5. The topological polar surface area (TPSA) is 134 Å². The highest BCUT2D eigenvalue weighted by atomic mass is 31.2. The lowest BCUT2D eigenvalue weighted by Gasteiger charge is -2.19. The standard InChI is InChI=1S/C73H120NO8P/c1-3-5-7-9-11-13-15-17-19-21-23-25-27-28-29-30-31-32-33-34-35-36-37-38-39-40-41-42-44-46-48-50-52-54-56-58-60-62-64-66-73(76)82-71(70-81-83(77,78)80-68-67-74)69-79-72(75)65-63-61-59-57-55-53-51-49-47-45-43-26-24-22-20-18-16-14-12-10-8-6-4-2/h5,7,11,13,16-19,22-25,28-29,31-32,34-35,37-38,40-41,43-46,71H,3-4,6,8-10,12,14-15,20-21,26-27,30,33,36,39,42,47-70,74H2,1-2H3,(H,77,78)/b7-5-,13-11-,18-16-,19-17-,24-22-,25-23-,29-28-,32-31-,35-34-,38-37-,41-40-,45-43-,46-44-. The maximum Gasteiger partial charge on any atom is 0.472 e. The number of phosphoric ester groups is 1. The van der Waals surface area contributed by atoms with Gasteiger partial charge in [-0.3, -0.25) is 18.6 Å². The van der Waals surface area contributed by atoms with E-state index >= 15 is 0 Å². The fourth-order valence-corrected chi connectivity index (χ4v) is 9.32. The molecule has 3 N–H and O–H groups in total. The number of ether oxygens (including phenoxy) is 2. The van der Waals surface area contributed by atoms with Crippen LogP contribution in [-0.4, -0.2) is 49.3 Å². The zero-order valence-electron chi connectivity index (χ0n) is 52.6. The van der Waals surface area contributed by atoms with Crippen molar-refractivity contribution < 1.29 is 37.6 Å². The van der Waals surface area contributed by atoms with Crippen molar-refractivity contribution in [3.8, 4) is 0 Å². The molecule has 10 heteroatoms. The van der Waals surface area contributed by atoms with E-state index in [1.54, 1.807) is 0 Å². The second-order valence-electron chi connectivity index (χ2n) is 21.2. The summed E-state index contributed by atoms with van der Waals surface area (Å²) in [6.07, 6.45) is 97.4. The van der Waals surface area contributed by atoms with Crippen molar-refractivity contribution in [2.45, 2.75) is 264 Å². The molecule has 0 rings (SSSR count). The quantitative estimate of drug-likeness (QED) is 0.0264. The molecule has 0 aliphatic carbocycles. The first-order valence-corrected chi connectivity index (χ1v) is 34.5. The normalized spacial score (nSPS) is 14.0. The first-order valence-electron chi connectivity index (χ1n) is 33.0. The molecule has 0 saturated heterocycles. The van der Waals surface area contributed by atoms with Crippen LogP contribution in [0.2, 0.25) is 0 Å². The molecule has 0 saturated carbocycles. The van der Waals surface area contributed by atoms with E-state index in [1.165, 1.54) is 89.9 Å². The van der Waals surface area contributed by atoms with Crippen LogP contribution < -0.4 is 5.73 Å². The second kappa shape index (κ2) is 66.8. The molecule has 0 bridgehead atoms. The third kappa shape index (κ3) is 66.6. The molecule has 9 nitrogen and oxygen atoms in total. The second-order valence-corrected chi connectivity index (χ2v) is 22.7. The van der Waals surface area contributed by atoms with Gasteiger partial charge in [-0.15, -0.1) is 0 Å². The molecule has 2 unspecified atom stereocenters. The third-order valence-corrected chi connectivity index (χ3v) is 14.4. The van der Waals surface area contributed by atoms with Gasteiger partial charge in [-0.1, -0.05) is 275 Å². The van der Waals surface area contributed by atoms with Gasteiger partial charge in [0.2, 0.25) is 0 Å². The molecule has 0 spiro atoms. The highest BCUT2D eigenvalue weighted by Crippen LogP contribution is 2.43. The van der Waals surface area contributed by atoms with E-state index in [2.05, 4.69) is 172 Å². The van der Waals surface area contributed by atoms with E-state index in [-0.39, 0.29) is 32.6 Å². The number of hydrogen-bond donors (Lipinski definition) is 2. The maximum atomic E-state index is 12.7. The lowest BCUT2D eigenvalue weighted by molar-refractivity contribution is -0.161. The summed E-state index contributed by atoms with van der Waals surface area (Å²) < 4.78 is 33.1. The van der Waals surface area contributed by atoms with E-state index < -0.39 is 32.5 Å². The maximum absolute atomic E-state index is 12.7.